The van der Waals surface area contributed by atoms with Crippen molar-refractivity contribution in [2.45, 2.75) is 11.7 Å². The van der Waals surface area contributed by atoms with E-state index in [0.29, 0.717) is 12.3 Å². The Labute approximate surface area is 185 Å². The fraction of sp³-hybridized carbons (Fsp3) is 0.125. The Morgan fingerprint density at radius 1 is 1.06 bits per heavy atom. The van der Waals surface area contributed by atoms with Crippen LogP contribution in [0.3, 0.4) is 0 Å². The number of carbonyl (C=O) groups excluding carboxylic acids is 1. The van der Waals surface area contributed by atoms with Crippen LogP contribution in [0.5, 0.6) is 5.75 Å². The summed E-state index contributed by atoms with van der Waals surface area (Å²) in [4.78, 5) is 17.1. The minimum absolute atomic E-state index is 0.200. The van der Waals surface area contributed by atoms with Gasteiger partial charge in [0.2, 0.25) is 0 Å². The zero-order chi connectivity index (χ0) is 21.5. The summed E-state index contributed by atoms with van der Waals surface area (Å²) >= 11 is 1.40. The number of fused-ring (bicyclic) bond motifs is 1. The smallest absolute Gasteiger partial charge is 0.250 e. The predicted octanol–water partition coefficient (Wildman–Crippen LogP) is 4.34. The summed E-state index contributed by atoms with van der Waals surface area (Å²) in [5, 5.41) is 4.85. The Kier molecular flexibility index (Phi) is 6.64. The number of hydrogen-bond donors (Lipinski definition) is 1. The summed E-state index contributed by atoms with van der Waals surface area (Å²) in [5.41, 5.74) is 6.50. The monoisotopic (exact) mass is 430 g/mol. The number of aromatic nitrogens is 2. The van der Waals surface area contributed by atoms with Crippen molar-refractivity contribution in [3.8, 4) is 5.75 Å². The van der Waals surface area contributed by atoms with Crippen molar-refractivity contribution in [2.24, 2.45) is 5.10 Å². The molecule has 0 aliphatic heterocycles. The number of carbonyl (C=O) groups is 1. The Bertz CT molecular complexity index is 1200. The van der Waals surface area contributed by atoms with Gasteiger partial charge in [0, 0.05) is 5.56 Å². The molecule has 1 heterocycles. The van der Waals surface area contributed by atoms with Crippen LogP contribution in [-0.2, 0) is 11.3 Å². The van der Waals surface area contributed by atoms with E-state index < -0.39 is 0 Å². The minimum atomic E-state index is -0.200. The van der Waals surface area contributed by atoms with Crippen LogP contribution in [0.1, 0.15) is 11.1 Å². The number of benzene rings is 3. The number of ether oxygens (including phenoxy) is 1. The second-order valence-corrected chi connectivity index (χ2v) is 7.72. The fourth-order valence-electron chi connectivity index (χ4n) is 3.19. The van der Waals surface area contributed by atoms with Crippen LogP contribution in [0.4, 0.5) is 0 Å². The summed E-state index contributed by atoms with van der Waals surface area (Å²) in [6.07, 6.45) is 1.58. The first kappa shape index (κ1) is 20.7. The average molecular weight is 431 g/mol. The number of imidazole rings is 1. The summed E-state index contributed by atoms with van der Waals surface area (Å²) in [6, 6.07) is 25.7. The minimum Gasteiger partial charge on any atom is -0.496 e. The molecule has 4 rings (SSSR count). The molecular weight excluding hydrogens is 408 g/mol. The molecule has 0 unspecified atom stereocenters. The third-order valence-corrected chi connectivity index (χ3v) is 5.64. The number of hydrogen-bond acceptors (Lipinski definition) is 5. The number of methoxy groups -OCH3 is 1. The molecule has 3 aromatic carbocycles. The molecule has 31 heavy (non-hydrogen) atoms. The third-order valence-electron chi connectivity index (χ3n) is 4.67. The summed E-state index contributed by atoms with van der Waals surface area (Å²) in [5.74, 6) is 0.709. The number of para-hydroxylation sites is 3. The number of nitrogens with one attached hydrogen (secondary N) is 1. The molecule has 7 heteroatoms. The highest BCUT2D eigenvalue weighted by Crippen LogP contribution is 2.25. The van der Waals surface area contributed by atoms with Gasteiger partial charge in [-0.3, -0.25) is 4.79 Å². The van der Waals surface area contributed by atoms with Crippen LogP contribution in [0.25, 0.3) is 11.0 Å². The quantitative estimate of drug-likeness (QED) is 0.257. The number of nitrogens with zero attached hydrogens (tertiary/aromatic N) is 3. The van der Waals surface area contributed by atoms with Crippen LogP contribution >= 0.6 is 11.8 Å². The number of rotatable bonds is 8. The lowest BCUT2D eigenvalue weighted by molar-refractivity contribution is -0.118. The molecule has 1 N–H and O–H groups in total. The maximum absolute atomic E-state index is 12.3. The van der Waals surface area contributed by atoms with E-state index >= 15 is 0 Å². The molecular formula is C24H22N4O2S. The molecule has 0 bridgehead atoms. The molecule has 1 aromatic heterocycles. The summed E-state index contributed by atoms with van der Waals surface area (Å²) in [6.45, 7) is 0.692. The molecule has 0 saturated carbocycles. The van der Waals surface area contributed by atoms with E-state index in [0.717, 1.165) is 21.8 Å². The third kappa shape index (κ3) is 5.13. The van der Waals surface area contributed by atoms with Gasteiger partial charge >= 0.3 is 0 Å². The van der Waals surface area contributed by atoms with Gasteiger partial charge in [0.1, 0.15) is 5.75 Å². The van der Waals surface area contributed by atoms with Gasteiger partial charge in [-0.15, -0.1) is 0 Å². The average Bonchev–Trinajstić information content (AvgIpc) is 3.16. The number of amides is 1. The Hall–Kier alpha value is -3.58. The maximum Gasteiger partial charge on any atom is 0.250 e. The van der Waals surface area contributed by atoms with Gasteiger partial charge in [0.25, 0.3) is 5.91 Å². The van der Waals surface area contributed by atoms with Gasteiger partial charge in [-0.25, -0.2) is 10.4 Å². The highest BCUT2D eigenvalue weighted by Gasteiger charge is 2.13. The van der Waals surface area contributed by atoms with Crippen LogP contribution in [0.2, 0.25) is 0 Å². The molecule has 0 spiro atoms. The van der Waals surface area contributed by atoms with Gasteiger partial charge < -0.3 is 9.30 Å². The predicted molar refractivity (Wildman–Crippen MR) is 125 cm³/mol. The van der Waals surface area contributed by atoms with Crippen molar-refractivity contribution in [1.82, 2.24) is 15.0 Å². The molecule has 0 aliphatic carbocycles. The molecule has 0 radical (unpaired) electrons. The Morgan fingerprint density at radius 3 is 2.65 bits per heavy atom. The van der Waals surface area contributed by atoms with E-state index in [9.17, 15) is 4.79 Å². The van der Waals surface area contributed by atoms with Crippen LogP contribution in [0, 0.1) is 0 Å². The molecule has 4 aromatic rings. The standard InChI is InChI=1S/C24H22N4O2S/c1-30-22-14-8-5-11-19(22)15-25-27-23(29)17-31-24-26-20-12-6-7-13-21(20)28(24)16-18-9-3-2-4-10-18/h2-15H,16-17H2,1H3,(H,27,29)/b25-15-. The Morgan fingerprint density at radius 2 is 1.81 bits per heavy atom. The van der Waals surface area contributed by atoms with Crippen molar-refractivity contribution in [3.05, 3.63) is 90.0 Å². The van der Waals surface area contributed by atoms with E-state index in [4.69, 9.17) is 9.72 Å². The normalized spacial score (nSPS) is 11.1. The van der Waals surface area contributed by atoms with E-state index in [1.165, 1.54) is 17.3 Å². The van der Waals surface area contributed by atoms with Crippen molar-refractivity contribution < 1.29 is 9.53 Å². The second kappa shape index (κ2) is 9.95. The van der Waals surface area contributed by atoms with Gasteiger partial charge in [-0.1, -0.05) is 66.4 Å². The molecule has 1 amide bonds. The highest BCUT2D eigenvalue weighted by molar-refractivity contribution is 7.99. The van der Waals surface area contributed by atoms with E-state index in [-0.39, 0.29) is 11.7 Å². The van der Waals surface area contributed by atoms with E-state index in [1.807, 2.05) is 66.7 Å². The summed E-state index contributed by atoms with van der Waals surface area (Å²) in [7, 11) is 1.60. The molecule has 0 saturated heterocycles. The van der Waals surface area contributed by atoms with Crippen molar-refractivity contribution >= 4 is 34.9 Å². The molecule has 6 nitrogen and oxygen atoms in total. The lowest BCUT2D eigenvalue weighted by Crippen LogP contribution is -2.20. The molecule has 0 atom stereocenters. The maximum atomic E-state index is 12.3. The molecule has 156 valence electrons. The largest absolute Gasteiger partial charge is 0.496 e. The fourth-order valence-corrected chi connectivity index (χ4v) is 4.00. The van der Waals surface area contributed by atoms with Crippen molar-refractivity contribution in [3.63, 3.8) is 0 Å². The van der Waals surface area contributed by atoms with Crippen LogP contribution < -0.4 is 10.2 Å². The van der Waals surface area contributed by atoms with E-state index in [1.54, 1.807) is 13.3 Å². The van der Waals surface area contributed by atoms with Crippen molar-refractivity contribution in [1.29, 1.82) is 0 Å². The molecule has 0 fully saturated rings. The zero-order valence-electron chi connectivity index (χ0n) is 17.1. The Balaban J connectivity index is 1.44. The number of hydrazone groups is 1. The zero-order valence-corrected chi connectivity index (χ0v) is 17.9. The van der Waals surface area contributed by atoms with Crippen molar-refractivity contribution in [2.75, 3.05) is 12.9 Å². The van der Waals surface area contributed by atoms with E-state index in [2.05, 4.69) is 27.2 Å². The van der Waals surface area contributed by atoms with Crippen LogP contribution in [0.15, 0.2) is 89.1 Å². The van der Waals surface area contributed by atoms with Gasteiger partial charge in [-0.05, 0) is 29.8 Å². The second-order valence-electron chi connectivity index (χ2n) is 6.78. The van der Waals surface area contributed by atoms with Gasteiger partial charge in [-0.2, -0.15) is 5.10 Å². The lowest BCUT2D eigenvalue weighted by Gasteiger charge is -2.09. The first-order valence-corrected chi connectivity index (χ1v) is 10.8. The topological polar surface area (TPSA) is 68.5 Å². The highest BCUT2D eigenvalue weighted by atomic mass is 32.2. The number of thioether (sulfide) groups is 1. The lowest BCUT2D eigenvalue weighted by atomic mass is 10.2. The van der Waals surface area contributed by atoms with Crippen LogP contribution in [-0.4, -0.2) is 34.5 Å². The first-order chi connectivity index (χ1) is 15.2. The first-order valence-electron chi connectivity index (χ1n) is 9.81. The van der Waals surface area contributed by atoms with Gasteiger partial charge in [0.05, 0.1) is 36.7 Å². The summed E-state index contributed by atoms with van der Waals surface area (Å²) < 4.78 is 7.42. The SMILES string of the molecule is COc1ccccc1/C=N\NC(=O)CSc1nc2ccccc2n1Cc1ccccc1. The van der Waals surface area contributed by atoms with Gasteiger partial charge in [0.15, 0.2) is 5.16 Å². The molecule has 0 aliphatic rings.